The smallest absolute Gasteiger partial charge is 0.259 e. The number of β-lactam (4-membered cyclic amide) rings is 1. The number of aliphatic hydroxyl groups is 1. The van der Waals surface area contributed by atoms with Crippen molar-refractivity contribution in [2.75, 3.05) is 12.0 Å². The zero-order chi connectivity index (χ0) is 14.1. The van der Waals surface area contributed by atoms with Crippen molar-refractivity contribution in [3.05, 3.63) is 60.2 Å². The van der Waals surface area contributed by atoms with Gasteiger partial charge in [0.1, 0.15) is 5.75 Å². The van der Waals surface area contributed by atoms with Gasteiger partial charge in [-0.3, -0.25) is 9.69 Å². The number of amides is 1. The summed E-state index contributed by atoms with van der Waals surface area (Å²) in [6.07, 6.45) is -0.973. The van der Waals surface area contributed by atoms with Crippen molar-refractivity contribution < 1.29 is 14.6 Å². The third-order valence-corrected chi connectivity index (χ3v) is 3.56. The van der Waals surface area contributed by atoms with E-state index < -0.39 is 6.10 Å². The van der Waals surface area contributed by atoms with Crippen molar-refractivity contribution in [2.45, 2.75) is 12.1 Å². The highest BCUT2D eigenvalue weighted by molar-refractivity contribution is 6.04. The number of anilines is 1. The van der Waals surface area contributed by atoms with E-state index >= 15 is 0 Å². The van der Waals surface area contributed by atoms with Gasteiger partial charge in [-0.05, 0) is 29.8 Å². The predicted molar refractivity (Wildman–Crippen MR) is 75.7 cm³/mol. The van der Waals surface area contributed by atoms with Crippen LogP contribution in [0.5, 0.6) is 5.75 Å². The topological polar surface area (TPSA) is 49.8 Å². The van der Waals surface area contributed by atoms with Gasteiger partial charge in [0.15, 0.2) is 6.10 Å². The first-order valence-electron chi connectivity index (χ1n) is 6.42. The second kappa shape index (κ2) is 4.98. The van der Waals surface area contributed by atoms with E-state index in [2.05, 4.69) is 0 Å². The molecule has 102 valence electrons. The number of aliphatic hydroxyl groups excluding tert-OH is 1. The molecule has 0 aliphatic carbocycles. The molecule has 2 aromatic carbocycles. The number of benzene rings is 2. The van der Waals surface area contributed by atoms with E-state index in [0.29, 0.717) is 0 Å². The fourth-order valence-electron chi connectivity index (χ4n) is 2.49. The molecule has 0 radical (unpaired) electrons. The molecule has 0 bridgehead atoms. The highest BCUT2D eigenvalue weighted by Gasteiger charge is 2.47. The van der Waals surface area contributed by atoms with Crippen molar-refractivity contribution in [2.24, 2.45) is 0 Å². The van der Waals surface area contributed by atoms with Crippen molar-refractivity contribution in [3.63, 3.8) is 0 Å². The molecule has 20 heavy (non-hydrogen) atoms. The van der Waals surface area contributed by atoms with E-state index in [1.54, 1.807) is 24.1 Å². The number of carbonyl (C=O) groups excluding carboxylic acids is 1. The van der Waals surface area contributed by atoms with Crippen molar-refractivity contribution >= 4 is 11.6 Å². The lowest BCUT2D eigenvalue weighted by molar-refractivity contribution is -0.137. The van der Waals surface area contributed by atoms with Crippen LogP contribution in [0.15, 0.2) is 54.6 Å². The van der Waals surface area contributed by atoms with Gasteiger partial charge < -0.3 is 9.84 Å². The summed E-state index contributed by atoms with van der Waals surface area (Å²) < 4.78 is 5.11. The zero-order valence-electron chi connectivity index (χ0n) is 11.1. The van der Waals surface area contributed by atoms with E-state index in [4.69, 9.17) is 4.74 Å². The van der Waals surface area contributed by atoms with Crippen LogP contribution in [-0.4, -0.2) is 24.2 Å². The van der Waals surface area contributed by atoms with E-state index in [0.717, 1.165) is 17.0 Å². The molecule has 1 aliphatic rings. The number of carbonyl (C=O) groups is 1. The van der Waals surface area contributed by atoms with Crippen LogP contribution in [0, 0.1) is 0 Å². The van der Waals surface area contributed by atoms with Gasteiger partial charge in [0, 0.05) is 5.69 Å². The third-order valence-electron chi connectivity index (χ3n) is 3.56. The SMILES string of the molecule is COc1ccc(N2C(=O)[C@@H](O)[C@H]2c2ccccc2)cc1. The number of hydrogen-bond donors (Lipinski definition) is 1. The maximum Gasteiger partial charge on any atom is 0.259 e. The lowest BCUT2D eigenvalue weighted by atomic mass is 9.90. The second-order valence-electron chi connectivity index (χ2n) is 4.71. The fraction of sp³-hybridized carbons (Fsp3) is 0.188. The van der Waals surface area contributed by atoms with Crippen LogP contribution in [0.3, 0.4) is 0 Å². The molecule has 0 saturated carbocycles. The van der Waals surface area contributed by atoms with Crippen molar-refractivity contribution in [1.29, 1.82) is 0 Å². The third kappa shape index (κ3) is 1.94. The molecule has 2 atom stereocenters. The molecular formula is C16H15NO3. The van der Waals surface area contributed by atoms with E-state index in [1.807, 2.05) is 42.5 Å². The van der Waals surface area contributed by atoms with Crippen molar-refractivity contribution in [1.82, 2.24) is 0 Å². The molecule has 0 aromatic heterocycles. The van der Waals surface area contributed by atoms with Crippen LogP contribution in [0.4, 0.5) is 5.69 Å². The number of methoxy groups -OCH3 is 1. The van der Waals surface area contributed by atoms with Gasteiger partial charge in [0.2, 0.25) is 0 Å². The lowest BCUT2D eigenvalue weighted by Crippen LogP contribution is -2.59. The number of nitrogens with zero attached hydrogens (tertiary/aromatic N) is 1. The first-order chi connectivity index (χ1) is 9.72. The molecule has 3 rings (SSSR count). The molecule has 2 aromatic rings. The molecule has 4 nitrogen and oxygen atoms in total. The van der Waals surface area contributed by atoms with E-state index in [-0.39, 0.29) is 11.9 Å². The molecule has 1 fully saturated rings. The molecule has 1 N–H and O–H groups in total. The highest BCUT2D eigenvalue weighted by Crippen LogP contribution is 2.39. The van der Waals surface area contributed by atoms with Gasteiger partial charge in [-0.25, -0.2) is 0 Å². The highest BCUT2D eigenvalue weighted by atomic mass is 16.5. The summed E-state index contributed by atoms with van der Waals surface area (Å²) in [5.74, 6) is 0.461. The van der Waals surface area contributed by atoms with Crippen LogP contribution in [0.25, 0.3) is 0 Å². The van der Waals surface area contributed by atoms with Crippen LogP contribution in [0.1, 0.15) is 11.6 Å². The summed E-state index contributed by atoms with van der Waals surface area (Å²) in [5.41, 5.74) is 1.69. The number of rotatable bonds is 3. The summed E-state index contributed by atoms with van der Waals surface area (Å²) >= 11 is 0. The van der Waals surface area contributed by atoms with Gasteiger partial charge in [0.05, 0.1) is 13.2 Å². The minimum Gasteiger partial charge on any atom is -0.497 e. The first-order valence-corrected chi connectivity index (χ1v) is 6.42. The fourth-order valence-corrected chi connectivity index (χ4v) is 2.49. The molecule has 1 heterocycles. The van der Waals surface area contributed by atoms with Crippen LogP contribution >= 0.6 is 0 Å². The molecule has 0 spiro atoms. The first kappa shape index (κ1) is 12.7. The Labute approximate surface area is 117 Å². The van der Waals surface area contributed by atoms with Crippen molar-refractivity contribution in [3.8, 4) is 5.75 Å². The largest absolute Gasteiger partial charge is 0.497 e. The lowest BCUT2D eigenvalue weighted by Gasteiger charge is -2.44. The van der Waals surface area contributed by atoms with Gasteiger partial charge in [-0.15, -0.1) is 0 Å². The Kier molecular flexibility index (Phi) is 3.16. The average molecular weight is 269 g/mol. The van der Waals surface area contributed by atoms with E-state index in [1.165, 1.54) is 0 Å². The molecule has 1 amide bonds. The van der Waals surface area contributed by atoms with Crippen LogP contribution in [-0.2, 0) is 4.79 Å². The summed E-state index contributed by atoms with van der Waals surface area (Å²) in [4.78, 5) is 13.6. The summed E-state index contributed by atoms with van der Waals surface area (Å²) in [5, 5.41) is 9.95. The number of ether oxygens (including phenoxy) is 1. The quantitative estimate of drug-likeness (QED) is 0.869. The van der Waals surface area contributed by atoms with E-state index in [9.17, 15) is 9.90 Å². The Morgan fingerprint density at radius 1 is 1.05 bits per heavy atom. The van der Waals surface area contributed by atoms with Gasteiger partial charge >= 0.3 is 0 Å². The minimum atomic E-state index is -0.973. The molecule has 1 aliphatic heterocycles. The minimum absolute atomic E-state index is 0.274. The molecule has 1 saturated heterocycles. The summed E-state index contributed by atoms with van der Waals surface area (Å²) in [7, 11) is 1.60. The predicted octanol–water partition coefficient (Wildman–Crippen LogP) is 2.14. The number of hydrogen-bond acceptors (Lipinski definition) is 3. The Morgan fingerprint density at radius 2 is 1.70 bits per heavy atom. The standard InChI is InChI=1S/C16H15NO3/c1-20-13-9-7-12(8-10-13)17-14(15(18)16(17)19)11-5-3-2-4-6-11/h2-10,14-15,18H,1H3/t14-,15+/m1/s1. The Morgan fingerprint density at radius 3 is 2.30 bits per heavy atom. The van der Waals surface area contributed by atoms with Crippen LogP contribution in [0.2, 0.25) is 0 Å². The summed E-state index contributed by atoms with van der Waals surface area (Å²) in [6, 6.07) is 16.5. The van der Waals surface area contributed by atoms with Gasteiger partial charge in [-0.1, -0.05) is 30.3 Å². The molecule has 0 unspecified atom stereocenters. The Hall–Kier alpha value is -2.33. The molecular weight excluding hydrogens is 254 g/mol. The van der Waals surface area contributed by atoms with Crippen LogP contribution < -0.4 is 9.64 Å². The maximum absolute atomic E-state index is 11.9. The zero-order valence-corrected chi connectivity index (χ0v) is 11.1. The Balaban J connectivity index is 1.92. The van der Waals surface area contributed by atoms with Gasteiger partial charge in [0.25, 0.3) is 5.91 Å². The molecule has 4 heteroatoms. The normalized spacial score (nSPS) is 21.5. The maximum atomic E-state index is 11.9. The average Bonchev–Trinajstić information content (AvgIpc) is 2.52. The van der Waals surface area contributed by atoms with Gasteiger partial charge in [-0.2, -0.15) is 0 Å². The monoisotopic (exact) mass is 269 g/mol. The Bertz CT molecular complexity index is 609. The summed E-state index contributed by atoms with van der Waals surface area (Å²) in [6.45, 7) is 0. The second-order valence-corrected chi connectivity index (χ2v) is 4.71.